The summed E-state index contributed by atoms with van der Waals surface area (Å²) in [6.45, 7) is 1.51. The van der Waals surface area contributed by atoms with Crippen molar-refractivity contribution in [1.29, 1.82) is 0 Å². The molecule has 3 N–H and O–H groups in total. The largest absolute Gasteiger partial charge is 0.376 e. The van der Waals surface area contributed by atoms with Crippen LogP contribution in [0.25, 0.3) is 0 Å². The molecule has 5 atom stereocenters. The Morgan fingerprint density at radius 1 is 1.28 bits per heavy atom. The van der Waals surface area contributed by atoms with Crippen molar-refractivity contribution in [2.75, 3.05) is 13.2 Å². The van der Waals surface area contributed by atoms with Crippen LogP contribution in [0.1, 0.15) is 32.1 Å². The van der Waals surface area contributed by atoms with E-state index in [1.165, 1.54) is 19.3 Å². The molecule has 2 aliphatic carbocycles. The molecule has 0 radical (unpaired) electrons. The van der Waals surface area contributed by atoms with Crippen LogP contribution in [-0.4, -0.2) is 31.2 Å². The molecule has 1 heterocycles. The molecule has 2 bridgehead atoms. The maximum atomic E-state index is 12.2. The van der Waals surface area contributed by atoms with Crippen molar-refractivity contribution in [2.45, 2.75) is 44.2 Å². The number of ether oxygens (including phenoxy) is 1. The predicted octanol–water partition coefficient (Wildman–Crippen LogP) is 1.08. The third kappa shape index (κ3) is 2.51. The fraction of sp³-hybridized carbons (Fsp3) is 0.923. The predicted molar refractivity (Wildman–Crippen MR) is 71.5 cm³/mol. The minimum Gasteiger partial charge on any atom is -0.376 e. The van der Waals surface area contributed by atoms with Gasteiger partial charge in [0.2, 0.25) is 5.91 Å². The number of hydrogen-bond donors (Lipinski definition) is 2. The van der Waals surface area contributed by atoms with Crippen molar-refractivity contribution in [3.63, 3.8) is 0 Å². The summed E-state index contributed by atoms with van der Waals surface area (Å²) in [6.07, 6.45) is 6.00. The molecule has 2 saturated carbocycles. The van der Waals surface area contributed by atoms with Gasteiger partial charge >= 0.3 is 0 Å². The van der Waals surface area contributed by atoms with Crippen LogP contribution in [0, 0.1) is 17.8 Å². The van der Waals surface area contributed by atoms with Crippen LogP contribution in [0.15, 0.2) is 0 Å². The highest BCUT2D eigenvalue weighted by Crippen LogP contribution is 2.47. The van der Waals surface area contributed by atoms with E-state index in [4.69, 9.17) is 10.5 Å². The topological polar surface area (TPSA) is 64.4 Å². The highest BCUT2D eigenvalue weighted by Gasteiger charge is 2.49. The highest BCUT2D eigenvalue weighted by atomic mass is 35.5. The highest BCUT2D eigenvalue weighted by molar-refractivity contribution is 5.85. The van der Waals surface area contributed by atoms with Gasteiger partial charge in [0.1, 0.15) is 0 Å². The fourth-order valence-corrected chi connectivity index (χ4v) is 3.86. The molecule has 0 aromatic rings. The molecule has 5 unspecified atom stereocenters. The van der Waals surface area contributed by atoms with Crippen molar-refractivity contribution in [3.05, 3.63) is 0 Å². The summed E-state index contributed by atoms with van der Waals surface area (Å²) in [6, 6.07) is 0.0956. The zero-order chi connectivity index (χ0) is 11.8. The third-order valence-corrected chi connectivity index (χ3v) is 4.81. The number of carbonyl (C=O) groups excluding carboxylic acids is 1. The second-order valence-corrected chi connectivity index (χ2v) is 5.82. The van der Waals surface area contributed by atoms with E-state index in [0.29, 0.717) is 18.4 Å². The average Bonchev–Trinajstić information content (AvgIpc) is 3.02. The van der Waals surface area contributed by atoms with Crippen LogP contribution in [0.4, 0.5) is 0 Å². The molecule has 18 heavy (non-hydrogen) atoms. The van der Waals surface area contributed by atoms with Gasteiger partial charge in [-0.1, -0.05) is 0 Å². The van der Waals surface area contributed by atoms with Gasteiger partial charge in [-0.25, -0.2) is 0 Å². The molecule has 5 heteroatoms. The second-order valence-electron chi connectivity index (χ2n) is 5.82. The number of amides is 1. The van der Waals surface area contributed by atoms with E-state index in [9.17, 15) is 4.79 Å². The monoisotopic (exact) mass is 274 g/mol. The van der Waals surface area contributed by atoms with Crippen LogP contribution in [0.3, 0.4) is 0 Å². The molecule has 0 aromatic heterocycles. The molecule has 3 fully saturated rings. The van der Waals surface area contributed by atoms with Crippen molar-refractivity contribution >= 4 is 18.3 Å². The lowest BCUT2D eigenvalue weighted by Crippen LogP contribution is -2.46. The van der Waals surface area contributed by atoms with Gasteiger partial charge in [-0.3, -0.25) is 4.79 Å². The zero-order valence-corrected chi connectivity index (χ0v) is 11.5. The van der Waals surface area contributed by atoms with Crippen molar-refractivity contribution < 1.29 is 9.53 Å². The molecule has 3 rings (SSSR count). The Bertz CT molecular complexity index is 305. The third-order valence-electron chi connectivity index (χ3n) is 4.81. The Morgan fingerprint density at radius 3 is 2.67 bits per heavy atom. The Labute approximate surface area is 114 Å². The fourth-order valence-electron chi connectivity index (χ4n) is 3.86. The van der Waals surface area contributed by atoms with Crippen LogP contribution >= 0.6 is 12.4 Å². The molecular formula is C13H23ClN2O2. The Balaban J connectivity index is 0.00000120. The summed E-state index contributed by atoms with van der Waals surface area (Å²) < 4.78 is 5.51. The summed E-state index contributed by atoms with van der Waals surface area (Å²) in [4.78, 5) is 12.2. The first-order chi connectivity index (χ1) is 8.25. The molecule has 104 valence electrons. The Hall–Kier alpha value is -0.320. The normalized spacial score (nSPS) is 41.7. The second kappa shape index (κ2) is 5.76. The van der Waals surface area contributed by atoms with E-state index in [1.807, 2.05) is 0 Å². The number of rotatable bonds is 3. The van der Waals surface area contributed by atoms with Crippen molar-refractivity contribution in [2.24, 2.45) is 23.5 Å². The number of nitrogens with one attached hydrogen (secondary N) is 1. The molecular weight excluding hydrogens is 252 g/mol. The first-order valence-corrected chi connectivity index (χ1v) is 6.90. The average molecular weight is 275 g/mol. The van der Waals surface area contributed by atoms with Gasteiger partial charge in [0.05, 0.1) is 12.0 Å². The maximum absolute atomic E-state index is 12.2. The van der Waals surface area contributed by atoms with Gasteiger partial charge in [0.25, 0.3) is 0 Å². The van der Waals surface area contributed by atoms with E-state index >= 15 is 0 Å². The maximum Gasteiger partial charge on any atom is 0.225 e. The van der Waals surface area contributed by atoms with Crippen molar-refractivity contribution in [3.8, 4) is 0 Å². The quantitative estimate of drug-likeness (QED) is 0.809. The van der Waals surface area contributed by atoms with Crippen LogP contribution in [0.5, 0.6) is 0 Å². The first kappa shape index (κ1) is 14.1. The molecule has 1 aliphatic heterocycles. The summed E-state index contributed by atoms with van der Waals surface area (Å²) in [5, 5.41) is 3.04. The number of hydrogen-bond acceptors (Lipinski definition) is 3. The van der Waals surface area contributed by atoms with E-state index in [1.54, 1.807) is 0 Å². The summed E-state index contributed by atoms with van der Waals surface area (Å²) in [7, 11) is 0. The minimum atomic E-state index is 0. The van der Waals surface area contributed by atoms with Gasteiger partial charge in [-0.2, -0.15) is 0 Å². The van der Waals surface area contributed by atoms with Crippen molar-refractivity contribution in [1.82, 2.24) is 5.32 Å². The lowest BCUT2D eigenvalue weighted by molar-refractivity contribution is -0.127. The molecule has 0 spiro atoms. The van der Waals surface area contributed by atoms with Gasteiger partial charge in [-0.05, 0) is 43.9 Å². The smallest absolute Gasteiger partial charge is 0.225 e. The molecule has 1 amide bonds. The lowest BCUT2D eigenvalue weighted by atomic mass is 9.84. The van der Waals surface area contributed by atoms with E-state index in [0.717, 1.165) is 19.4 Å². The molecule has 3 aliphatic rings. The standard InChI is InChI=1S/C13H22N2O2.ClH/c14-12-9-4-3-8(6-9)11(12)13(16)15-7-10-2-1-5-17-10;/h8-12H,1-7,14H2,(H,15,16);1H. The first-order valence-electron chi connectivity index (χ1n) is 6.90. The minimum absolute atomic E-state index is 0. The summed E-state index contributed by atoms with van der Waals surface area (Å²) in [5.41, 5.74) is 6.16. The van der Waals surface area contributed by atoms with Crippen LogP contribution < -0.4 is 11.1 Å². The number of fused-ring (bicyclic) bond motifs is 2. The SMILES string of the molecule is Cl.NC1C2CCC(C2)C1C(=O)NCC1CCCO1. The van der Waals surface area contributed by atoms with E-state index < -0.39 is 0 Å². The lowest BCUT2D eigenvalue weighted by Gasteiger charge is -2.27. The van der Waals surface area contributed by atoms with Crippen LogP contribution in [0.2, 0.25) is 0 Å². The van der Waals surface area contributed by atoms with E-state index in [2.05, 4.69) is 5.32 Å². The molecule has 0 aromatic carbocycles. The molecule has 4 nitrogen and oxygen atoms in total. The summed E-state index contributed by atoms with van der Waals surface area (Å²) >= 11 is 0. The van der Waals surface area contributed by atoms with Gasteiger partial charge in [0, 0.05) is 19.2 Å². The number of halogens is 1. The Morgan fingerprint density at radius 2 is 2.06 bits per heavy atom. The van der Waals surface area contributed by atoms with Gasteiger partial charge < -0.3 is 15.8 Å². The van der Waals surface area contributed by atoms with Gasteiger partial charge in [-0.15, -0.1) is 12.4 Å². The summed E-state index contributed by atoms with van der Waals surface area (Å²) in [5.74, 6) is 1.37. The zero-order valence-electron chi connectivity index (χ0n) is 10.6. The van der Waals surface area contributed by atoms with E-state index in [-0.39, 0.29) is 36.4 Å². The number of carbonyl (C=O) groups is 1. The van der Waals surface area contributed by atoms with Gasteiger partial charge in [0.15, 0.2) is 0 Å². The Kier molecular flexibility index (Phi) is 4.51. The van der Waals surface area contributed by atoms with Crippen LogP contribution in [-0.2, 0) is 9.53 Å². The number of nitrogens with two attached hydrogens (primary N) is 1. The molecule has 1 saturated heterocycles.